The Morgan fingerprint density at radius 1 is 1.43 bits per heavy atom. The van der Waals surface area contributed by atoms with Gasteiger partial charge in [-0.15, -0.1) is 6.58 Å². The Labute approximate surface area is 126 Å². The lowest BCUT2D eigenvalue weighted by molar-refractivity contribution is -0.163. The zero-order valence-electron chi connectivity index (χ0n) is 12.9. The van der Waals surface area contributed by atoms with Crippen molar-refractivity contribution in [3.05, 3.63) is 24.8 Å². The van der Waals surface area contributed by atoms with Crippen LogP contribution in [0, 0.1) is 0 Å². The van der Waals surface area contributed by atoms with Crippen molar-refractivity contribution in [3.8, 4) is 0 Å². The lowest BCUT2D eigenvalue weighted by Gasteiger charge is -2.26. The summed E-state index contributed by atoms with van der Waals surface area (Å²) in [4.78, 5) is 0. The summed E-state index contributed by atoms with van der Waals surface area (Å²) in [6.07, 6.45) is 2.76. The van der Waals surface area contributed by atoms with Gasteiger partial charge in [0.2, 0.25) is 0 Å². The Bertz CT molecular complexity index is 373. The van der Waals surface area contributed by atoms with Gasteiger partial charge in [-0.25, -0.2) is 0 Å². The first-order valence-electron chi connectivity index (χ1n) is 7.50. The van der Waals surface area contributed by atoms with Gasteiger partial charge in [-0.3, -0.25) is 0 Å². The molecular formula is C16H26O5. The molecular weight excluding hydrogens is 272 g/mol. The summed E-state index contributed by atoms with van der Waals surface area (Å²) in [6.45, 7) is 12.2. The molecule has 2 heterocycles. The number of aliphatic hydroxyl groups excluding tert-OH is 1. The monoisotopic (exact) mass is 298 g/mol. The van der Waals surface area contributed by atoms with Crippen molar-refractivity contribution >= 4 is 0 Å². The van der Waals surface area contributed by atoms with Crippen LogP contribution in [0.1, 0.15) is 33.1 Å². The molecule has 120 valence electrons. The fourth-order valence-corrected chi connectivity index (χ4v) is 2.60. The van der Waals surface area contributed by atoms with Crippen LogP contribution in [0.15, 0.2) is 24.8 Å². The molecule has 0 spiro atoms. The van der Waals surface area contributed by atoms with Gasteiger partial charge < -0.3 is 24.1 Å². The van der Waals surface area contributed by atoms with E-state index in [1.165, 1.54) is 0 Å². The second kappa shape index (κ2) is 7.03. The lowest BCUT2D eigenvalue weighted by Crippen LogP contribution is -2.37. The Morgan fingerprint density at radius 2 is 2.19 bits per heavy atom. The number of hydrogen-bond acceptors (Lipinski definition) is 5. The van der Waals surface area contributed by atoms with Crippen LogP contribution >= 0.6 is 0 Å². The Balaban J connectivity index is 1.85. The molecule has 0 aromatic heterocycles. The molecule has 0 radical (unpaired) electrons. The van der Waals surface area contributed by atoms with Gasteiger partial charge in [0.15, 0.2) is 12.1 Å². The minimum atomic E-state index is -0.863. The van der Waals surface area contributed by atoms with Gasteiger partial charge in [-0.2, -0.15) is 0 Å². The highest BCUT2D eigenvalue weighted by molar-refractivity contribution is 5.10. The molecule has 2 saturated heterocycles. The van der Waals surface area contributed by atoms with E-state index in [1.54, 1.807) is 6.08 Å². The first kappa shape index (κ1) is 16.6. The number of rotatable bonds is 6. The highest BCUT2D eigenvalue weighted by Gasteiger charge is 2.44. The second-order valence-corrected chi connectivity index (χ2v) is 6.01. The van der Waals surface area contributed by atoms with Gasteiger partial charge in [0.25, 0.3) is 0 Å². The normalized spacial score (nSPS) is 33.6. The van der Waals surface area contributed by atoms with Gasteiger partial charge in [0.05, 0.1) is 6.61 Å². The molecule has 5 heteroatoms. The van der Waals surface area contributed by atoms with Crippen molar-refractivity contribution in [2.75, 3.05) is 13.2 Å². The summed E-state index contributed by atoms with van der Waals surface area (Å²) in [6, 6.07) is 0. The second-order valence-electron chi connectivity index (χ2n) is 6.01. The minimum absolute atomic E-state index is 0.199. The maximum absolute atomic E-state index is 10.4. The van der Waals surface area contributed by atoms with E-state index >= 15 is 0 Å². The summed E-state index contributed by atoms with van der Waals surface area (Å²) in [5.41, 5.74) is 0.558. The highest BCUT2D eigenvalue weighted by atomic mass is 16.8. The zero-order valence-corrected chi connectivity index (χ0v) is 12.9. The molecule has 0 aromatic rings. The average Bonchev–Trinajstić information content (AvgIpc) is 2.80. The molecule has 2 rings (SSSR count). The van der Waals surface area contributed by atoms with E-state index in [1.807, 2.05) is 13.8 Å². The molecule has 5 nitrogen and oxygen atoms in total. The lowest BCUT2D eigenvalue weighted by atomic mass is 10.0. The van der Waals surface area contributed by atoms with Gasteiger partial charge in [-0.1, -0.05) is 12.7 Å². The minimum Gasteiger partial charge on any atom is -0.386 e. The van der Waals surface area contributed by atoms with Crippen LogP contribution < -0.4 is 0 Å². The molecule has 0 bridgehead atoms. The third-order valence-electron chi connectivity index (χ3n) is 3.72. The van der Waals surface area contributed by atoms with E-state index in [9.17, 15) is 5.11 Å². The molecule has 2 aliphatic heterocycles. The van der Waals surface area contributed by atoms with Crippen LogP contribution in [0.4, 0.5) is 0 Å². The molecule has 1 N–H and O–H groups in total. The molecule has 21 heavy (non-hydrogen) atoms. The summed E-state index contributed by atoms with van der Waals surface area (Å²) >= 11 is 0. The smallest absolute Gasteiger partial charge is 0.164 e. The maximum atomic E-state index is 10.4. The third kappa shape index (κ3) is 4.37. The molecule has 1 unspecified atom stereocenters. The largest absolute Gasteiger partial charge is 0.386 e. The SMILES string of the molecule is C=C[C@H]1OC(C)(C)O[C@H]1[C@H](O)C(=C)COC1CCCCO1. The number of aliphatic hydroxyl groups is 1. The first-order chi connectivity index (χ1) is 9.93. The van der Waals surface area contributed by atoms with Crippen LogP contribution in [0.3, 0.4) is 0 Å². The van der Waals surface area contributed by atoms with Crippen LogP contribution in [-0.2, 0) is 18.9 Å². The average molecular weight is 298 g/mol. The van der Waals surface area contributed by atoms with Crippen molar-refractivity contribution in [3.63, 3.8) is 0 Å². The predicted molar refractivity (Wildman–Crippen MR) is 78.7 cm³/mol. The fraction of sp³-hybridized carbons (Fsp3) is 0.750. The predicted octanol–water partition coefficient (Wildman–Crippen LogP) is 2.15. The molecule has 0 aliphatic carbocycles. The van der Waals surface area contributed by atoms with Crippen LogP contribution in [-0.4, -0.2) is 48.7 Å². The summed E-state index contributed by atoms with van der Waals surface area (Å²) in [5, 5.41) is 10.4. The van der Waals surface area contributed by atoms with Gasteiger partial charge in [-0.05, 0) is 38.7 Å². The zero-order chi connectivity index (χ0) is 15.5. The summed E-state index contributed by atoms with van der Waals surface area (Å²) in [7, 11) is 0. The summed E-state index contributed by atoms with van der Waals surface area (Å²) < 4.78 is 22.5. The van der Waals surface area contributed by atoms with Crippen molar-refractivity contribution in [2.24, 2.45) is 0 Å². The van der Waals surface area contributed by atoms with E-state index in [0.717, 1.165) is 25.9 Å². The Kier molecular flexibility index (Phi) is 5.57. The van der Waals surface area contributed by atoms with E-state index in [0.29, 0.717) is 5.57 Å². The van der Waals surface area contributed by atoms with E-state index in [-0.39, 0.29) is 19.0 Å². The molecule has 0 amide bonds. The third-order valence-corrected chi connectivity index (χ3v) is 3.72. The van der Waals surface area contributed by atoms with Gasteiger partial charge >= 0.3 is 0 Å². The van der Waals surface area contributed by atoms with Crippen molar-refractivity contribution < 1.29 is 24.1 Å². The van der Waals surface area contributed by atoms with Crippen molar-refractivity contribution in [1.29, 1.82) is 0 Å². The Hall–Kier alpha value is -0.720. The van der Waals surface area contributed by atoms with E-state index < -0.39 is 18.0 Å². The van der Waals surface area contributed by atoms with Gasteiger partial charge in [0.1, 0.15) is 18.3 Å². The van der Waals surface area contributed by atoms with Crippen LogP contribution in [0.2, 0.25) is 0 Å². The Morgan fingerprint density at radius 3 is 2.81 bits per heavy atom. The molecule has 4 atom stereocenters. The highest BCUT2D eigenvalue weighted by Crippen LogP contribution is 2.32. The molecule has 0 saturated carbocycles. The number of ether oxygens (including phenoxy) is 4. The molecule has 2 aliphatic rings. The van der Waals surface area contributed by atoms with E-state index in [2.05, 4.69) is 13.2 Å². The standard InChI is InChI=1S/C16H26O5/c1-5-12-15(21-16(3,4)20-12)14(17)11(2)10-19-13-8-6-7-9-18-13/h5,12-15,17H,1-2,6-10H2,3-4H3/t12-,13?,14-,15-/m1/s1. The maximum Gasteiger partial charge on any atom is 0.164 e. The molecule has 2 fully saturated rings. The summed E-state index contributed by atoms with van der Waals surface area (Å²) in [5.74, 6) is -0.738. The van der Waals surface area contributed by atoms with Crippen molar-refractivity contribution in [1.82, 2.24) is 0 Å². The van der Waals surface area contributed by atoms with Crippen LogP contribution in [0.5, 0.6) is 0 Å². The first-order valence-corrected chi connectivity index (χ1v) is 7.50. The quantitative estimate of drug-likeness (QED) is 0.762. The number of hydrogen-bond donors (Lipinski definition) is 1. The van der Waals surface area contributed by atoms with Gasteiger partial charge in [0, 0.05) is 6.61 Å². The van der Waals surface area contributed by atoms with Crippen molar-refractivity contribution in [2.45, 2.75) is 63.5 Å². The molecule has 0 aromatic carbocycles. The topological polar surface area (TPSA) is 57.2 Å². The fourth-order valence-electron chi connectivity index (χ4n) is 2.60. The van der Waals surface area contributed by atoms with E-state index in [4.69, 9.17) is 18.9 Å². The van der Waals surface area contributed by atoms with Crippen LogP contribution in [0.25, 0.3) is 0 Å².